The van der Waals surface area contributed by atoms with Crippen LogP contribution in [0.3, 0.4) is 0 Å². The lowest BCUT2D eigenvalue weighted by Gasteiger charge is -2.23. The van der Waals surface area contributed by atoms with Gasteiger partial charge in [-0.25, -0.2) is 9.97 Å². The Hall–Kier alpha value is -1.04. The van der Waals surface area contributed by atoms with Gasteiger partial charge >= 0.3 is 0 Å². The molecular weight excluding hydrogens is 277 g/mol. The van der Waals surface area contributed by atoms with E-state index >= 15 is 0 Å². The largest absolute Gasteiger partial charge is 0.493 e. The number of fused-ring (bicyclic) bond motifs is 1. The van der Waals surface area contributed by atoms with E-state index in [1.54, 1.807) is 10.8 Å². The van der Waals surface area contributed by atoms with Gasteiger partial charge in [0.25, 0.3) is 0 Å². The van der Waals surface area contributed by atoms with Gasteiger partial charge in [-0.2, -0.15) is 0 Å². The summed E-state index contributed by atoms with van der Waals surface area (Å²) in [5.74, 6) is 0.0862. The molecule has 18 heavy (non-hydrogen) atoms. The minimum absolute atomic E-state index is 0.0347. The number of nitrogens with zero attached hydrogens (tertiary/aromatic N) is 3. The fourth-order valence-corrected chi connectivity index (χ4v) is 2.70. The Kier molecular flexibility index (Phi) is 3.05. The Labute approximate surface area is 113 Å². The van der Waals surface area contributed by atoms with E-state index in [4.69, 9.17) is 27.9 Å². The summed E-state index contributed by atoms with van der Waals surface area (Å²) in [6.45, 7) is 1.39. The van der Waals surface area contributed by atoms with Crippen LogP contribution in [0.2, 0.25) is 10.4 Å². The van der Waals surface area contributed by atoms with Crippen LogP contribution in [0, 0.1) is 0 Å². The molecule has 1 fully saturated rings. The van der Waals surface area contributed by atoms with Crippen molar-refractivity contribution in [2.45, 2.75) is 18.9 Å². The van der Waals surface area contributed by atoms with Gasteiger partial charge in [0, 0.05) is 25.5 Å². The molecule has 3 heterocycles. The van der Waals surface area contributed by atoms with Crippen LogP contribution in [0.15, 0.2) is 6.20 Å². The number of aromatic nitrogens is 3. The maximum atomic E-state index is 10.2. The Morgan fingerprint density at radius 2 is 2.00 bits per heavy atom. The van der Waals surface area contributed by atoms with Gasteiger partial charge in [0.05, 0.1) is 5.39 Å². The summed E-state index contributed by atoms with van der Waals surface area (Å²) in [7, 11) is 0. The molecule has 0 radical (unpaired) electrons. The average molecular weight is 288 g/mol. The monoisotopic (exact) mass is 287 g/mol. The SMILES string of the molecule is Oc1c2nc(Cl)nc(Cl)c2cn1C1CCOCC1. The summed E-state index contributed by atoms with van der Waals surface area (Å²) in [5.41, 5.74) is 0.395. The Morgan fingerprint density at radius 3 is 2.72 bits per heavy atom. The molecule has 1 saturated heterocycles. The second-order valence-electron chi connectivity index (χ2n) is 4.25. The molecule has 3 rings (SSSR count). The van der Waals surface area contributed by atoms with Crippen molar-refractivity contribution < 1.29 is 9.84 Å². The van der Waals surface area contributed by atoms with Crippen molar-refractivity contribution in [3.8, 4) is 5.88 Å². The first-order chi connectivity index (χ1) is 8.66. The number of hydrogen-bond donors (Lipinski definition) is 1. The Balaban J connectivity index is 2.13. The van der Waals surface area contributed by atoms with E-state index in [1.807, 2.05) is 0 Å². The number of rotatable bonds is 1. The van der Waals surface area contributed by atoms with Crippen LogP contribution in [0.4, 0.5) is 0 Å². The molecule has 0 spiro atoms. The van der Waals surface area contributed by atoms with Gasteiger partial charge in [-0.15, -0.1) is 0 Å². The predicted molar refractivity (Wildman–Crippen MR) is 68.3 cm³/mol. The van der Waals surface area contributed by atoms with Crippen molar-refractivity contribution >= 4 is 34.1 Å². The molecule has 0 saturated carbocycles. The van der Waals surface area contributed by atoms with Crippen molar-refractivity contribution in [3.05, 3.63) is 16.6 Å². The topological polar surface area (TPSA) is 60.2 Å². The second kappa shape index (κ2) is 4.57. The van der Waals surface area contributed by atoms with Crippen LogP contribution in [-0.4, -0.2) is 32.9 Å². The van der Waals surface area contributed by atoms with Crippen molar-refractivity contribution in [1.29, 1.82) is 0 Å². The number of ether oxygens (including phenoxy) is 1. The van der Waals surface area contributed by atoms with Gasteiger partial charge in [0.2, 0.25) is 11.2 Å². The first kappa shape index (κ1) is 12.0. The normalized spacial score (nSPS) is 17.4. The zero-order valence-electron chi connectivity index (χ0n) is 9.44. The van der Waals surface area contributed by atoms with E-state index in [1.165, 1.54) is 0 Å². The van der Waals surface area contributed by atoms with Crippen molar-refractivity contribution in [1.82, 2.24) is 14.5 Å². The lowest BCUT2D eigenvalue weighted by atomic mass is 10.1. The van der Waals surface area contributed by atoms with Crippen LogP contribution in [0.5, 0.6) is 5.88 Å². The van der Waals surface area contributed by atoms with E-state index in [2.05, 4.69) is 9.97 Å². The molecule has 1 aliphatic rings. The fraction of sp³-hybridized carbons (Fsp3) is 0.455. The molecule has 7 heteroatoms. The molecule has 0 bridgehead atoms. The van der Waals surface area contributed by atoms with Crippen molar-refractivity contribution in [2.24, 2.45) is 0 Å². The molecule has 96 valence electrons. The zero-order chi connectivity index (χ0) is 12.7. The highest BCUT2D eigenvalue weighted by atomic mass is 35.5. The molecule has 5 nitrogen and oxygen atoms in total. The molecule has 0 unspecified atom stereocenters. The molecule has 1 aliphatic heterocycles. The summed E-state index contributed by atoms with van der Waals surface area (Å²) in [6.07, 6.45) is 3.49. The van der Waals surface area contributed by atoms with Crippen LogP contribution in [-0.2, 0) is 4.74 Å². The van der Waals surface area contributed by atoms with Crippen LogP contribution in [0.25, 0.3) is 10.9 Å². The summed E-state index contributed by atoms with van der Waals surface area (Å²) >= 11 is 11.7. The van der Waals surface area contributed by atoms with Crippen LogP contribution >= 0.6 is 23.2 Å². The smallest absolute Gasteiger partial charge is 0.224 e. The van der Waals surface area contributed by atoms with Crippen molar-refractivity contribution in [3.63, 3.8) is 0 Å². The minimum atomic E-state index is 0.0347. The van der Waals surface area contributed by atoms with E-state index in [9.17, 15) is 5.11 Å². The first-order valence-corrected chi connectivity index (χ1v) is 6.42. The maximum Gasteiger partial charge on any atom is 0.224 e. The van der Waals surface area contributed by atoms with Gasteiger partial charge in [0.1, 0.15) is 10.7 Å². The molecule has 0 aliphatic carbocycles. The summed E-state index contributed by atoms with van der Waals surface area (Å²) in [4.78, 5) is 7.89. The number of aromatic hydroxyl groups is 1. The van der Waals surface area contributed by atoms with E-state index in [-0.39, 0.29) is 22.4 Å². The van der Waals surface area contributed by atoms with Gasteiger partial charge in [-0.05, 0) is 24.4 Å². The maximum absolute atomic E-state index is 10.2. The second-order valence-corrected chi connectivity index (χ2v) is 4.95. The zero-order valence-corrected chi connectivity index (χ0v) is 10.9. The molecular formula is C11H11Cl2N3O2. The Morgan fingerprint density at radius 1 is 1.28 bits per heavy atom. The molecule has 2 aromatic heterocycles. The lowest BCUT2D eigenvalue weighted by Crippen LogP contribution is -2.18. The van der Waals surface area contributed by atoms with E-state index < -0.39 is 0 Å². The quantitative estimate of drug-likeness (QED) is 0.647. The molecule has 0 aromatic carbocycles. The Bertz CT molecular complexity index is 593. The predicted octanol–water partition coefficient (Wildman–Crippen LogP) is 2.80. The van der Waals surface area contributed by atoms with Gasteiger partial charge < -0.3 is 14.4 Å². The third-order valence-corrected chi connectivity index (χ3v) is 3.64. The van der Waals surface area contributed by atoms with Crippen LogP contribution in [0.1, 0.15) is 18.9 Å². The van der Waals surface area contributed by atoms with Gasteiger partial charge in [-0.1, -0.05) is 11.6 Å². The summed E-state index contributed by atoms with van der Waals surface area (Å²) in [6, 6.07) is 0.197. The average Bonchev–Trinajstić information content (AvgIpc) is 2.69. The van der Waals surface area contributed by atoms with Gasteiger partial charge in [0.15, 0.2) is 0 Å². The number of hydrogen-bond acceptors (Lipinski definition) is 4. The molecule has 0 amide bonds. The molecule has 1 N–H and O–H groups in total. The van der Waals surface area contributed by atoms with Gasteiger partial charge in [-0.3, -0.25) is 0 Å². The third-order valence-electron chi connectivity index (χ3n) is 3.18. The highest BCUT2D eigenvalue weighted by molar-refractivity contribution is 6.35. The minimum Gasteiger partial charge on any atom is -0.493 e. The van der Waals surface area contributed by atoms with Crippen molar-refractivity contribution in [2.75, 3.05) is 13.2 Å². The summed E-state index contributed by atoms with van der Waals surface area (Å²) in [5, 5.41) is 11.1. The fourth-order valence-electron chi connectivity index (χ4n) is 2.27. The highest BCUT2D eigenvalue weighted by Crippen LogP contribution is 2.35. The van der Waals surface area contributed by atoms with E-state index in [0.717, 1.165) is 12.8 Å². The molecule has 0 atom stereocenters. The number of halogens is 2. The lowest BCUT2D eigenvalue weighted by molar-refractivity contribution is 0.0678. The summed E-state index contributed by atoms with van der Waals surface area (Å²) < 4.78 is 7.09. The van der Waals surface area contributed by atoms with Crippen LogP contribution < -0.4 is 0 Å². The first-order valence-electron chi connectivity index (χ1n) is 5.67. The standard InChI is InChI=1S/C11H11Cl2N3O2/c12-9-7-5-16(6-1-3-18-4-2-6)10(17)8(7)14-11(13)15-9/h5-6,17H,1-4H2. The van der Waals surface area contributed by atoms with E-state index in [0.29, 0.717) is 24.1 Å². The molecule has 2 aromatic rings. The third kappa shape index (κ3) is 1.92. The highest BCUT2D eigenvalue weighted by Gasteiger charge is 2.22.